The Balaban J connectivity index is 3.17. The van der Waals surface area contributed by atoms with Crippen LogP contribution in [0.4, 0.5) is 8.78 Å². The van der Waals surface area contributed by atoms with Crippen molar-refractivity contribution in [1.29, 1.82) is 0 Å². The summed E-state index contributed by atoms with van der Waals surface area (Å²) in [4.78, 5) is 10.2. The van der Waals surface area contributed by atoms with E-state index in [2.05, 4.69) is 9.47 Å². The van der Waals surface area contributed by atoms with Crippen molar-refractivity contribution in [2.24, 2.45) is 0 Å². The third-order valence-corrected chi connectivity index (χ3v) is 0.950. The van der Waals surface area contributed by atoms with Gasteiger partial charge in [0.25, 0.3) is 0 Å². The van der Waals surface area contributed by atoms with Crippen LogP contribution in [0.2, 0.25) is 0 Å². The predicted molar refractivity (Wildman–Crippen MR) is 37.8 cm³/mol. The van der Waals surface area contributed by atoms with E-state index in [-0.39, 0.29) is 19.6 Å². The summed E-state index contributed by atoms with van der Waals surface area (Å²) in [5, 5.41) is 0. The monoisotopic (exact) mass is 182 g/mol. The first-order valence-electron chi connectivity index (χ1n) is 3.57. The molecule has 0 saturated heterocycles. The third kappa shape index (κ3) is 9.29. The Bertz CT molecular complexity index is 142. The standard InChI is InChI=1S/C7H12F2O3/c1-6(10)11-4-3-5-12-7(2,8)9/h3-5H2,1-2H3. The van der Waals surface area contributed by atoms with Crippen LogP contribution in [-0.2, 0) is 14.3 Å². The molecule has 0 aliphatic heterocycles. The summed E-state index contributed by atoms with van der Waals surface area (Å²) in [5.74, 6) is -0.418. The number of carbonyl (C=O) groups is 1. The topological polar surface area (TPSA) is 35.5 Å². The number of hydrogen-bond acceptors (Lipinski definition) is 3. The van der Waals surface area contributed by atoms with Crippen LogP contribution in [0.25, 0.3) is 0 Å². The molecule has 5 heteroatoms. The zero-order chi connectivity index (χ0) is 9.61. The molecule has 3 nitrogen and oxygen atoms in total. The van der Waals surface area contributed by atoms with Gasteiger partial charge in [0.15, 0.2) is 0 Å². The number of hydrogen-bond donors (Lipinski definition) is 0. The smallest absolute Gasteiger partial charge is 0.352 e. The second-order valence-corrected chi connectivity index (χ2v) is 2.35. The zero-order valence-corrected chi connectivity index (χ0v) is 7.10. The number of esters is 1. The SMILES string of the molecule is CC(=O)OCCCOC(C)(F)F. The van der Waals surface area contributed by atoms with Crippen molar-refractivity contribution < 1.29 is 23.0 Å². The number of ether oxygens (including phenoxy) is 2. The fourth-order valence-corrected chi connectivity index (χ4v) is 0.526. The van der Waals surface area contributed by atoms with Crippen molar-refractivity contribution in [3.63, 3.8) is 0 Å². The maximum absolute atomic E-state index is 12.0. The zero-order valence-electron chi connectivity index (χ0n) is 7.10. The molecule has 0 radical (unpaired) electrons. The van der Waals surface area contributed by atoms with Crippen molar-refractivity contribution in [2.75, 3.05) is 13.2 Å². The average Bonchev–Trinajstić information content (AvgIpc) is 1.83. The first kappa shape index (κ1) is 11.3. The number of alkyl halides is 2. The molecule has 12 heavy (non-hydrogen) atoms. The van der Waals surface area contributed by atoms with Crippen LogP contribution in [0.3, 0.4) is 0 Å². The summed E-state index contributed by atoms with van der Waals surface area (Å²) in [5.41, 5.74) is 0. The van der Waals surface area contributed by atoms with Crippen molar-refractivity contribution in [3.8, 4) is 0 Å². The van der Waals surface area contributed by atoms with Crippen molar-refractivity contribution in [2.45, 2.75) is 26.4 Å². The lowest BCUT2D eigenvalue weighted by molar-refractivity contribution is -0.225. The lowest BCUT2D eigenvalue weighted by atomic mass is 10.5. The van der Waals surface area contributed by atoms with Crippen LogP contribution in [0, 0.1) is 0 Å². The number of halogens is 2. The van der Waals surface area contributed by atoms with E-state index in [1.807, 2.05) is 0 Å². The Hall–Kier alpha value is -0.710. The molecule has 72 valence electrons. The molecule has 0 aromatic heterocycles. The highest BCUT2D eigenvalue weighted by Crippen LogP contribution is 2.12. The van der Waals surface area contributed by atoms with Crippen molar-refractivity contribution >= 4 is 5.97 Å². The lowest BCUT2D eigenvalue weighted by Gasteiger charge is -2.10. The molecule has 0 saturated carbocycles. The summed E-state index contributed by atoms with van der Waals surface area (Å²) < 4.78 is 32.5. The highest BCUT2D eigenvalue weighted by molar-refractivity contribution is 5.65. The van der Waals surface area contributed by atoms with Crippen LogP contribution >= 0.6 is 0 Å². The van der Waals surface area contributed by atoms with Gasteiger partial charge in [-0.2, -0.15) is 8.78 Å². The molecule has 0 atom stereocenters. The number of carbonyl (C=O) groups excluding carboxylic acids is 1. The molecular formula is C7H12F2O3. The molecule has 0 aromatic rings. The highest BCUT2D eigenvalue weighted by atomic mass is 19.3. The Morgan fingerprint density at radius 1 is 1.42 bits per heavy atom. The quantitative estimate of drug-likeness (QED) is 0.478. The van der Waals surface area contributed by atoms with Gasteiger partial charge in [0.05, 0.1) is 13.2 Å². The second-order valence-electron chi connectivity index (χ2n) is 2.35. The first-order chi connectivity index (χ1) is 5.42. The first-order valence-corrected chi connectivity index (χ1v) is 3.57. The van der Waals surface area contributed by atoms with Gasteiger partial charge in [0.1, 0.15) is 0 Å². The largest absolute Gasteiger partial charge is 0.466 e. The Kier molecular flexibility index (Phi) is 4.73. The van der Waals surface area contributed by atoms with Gasteiger partial charge in [0, 0.05) is 20.3 Å². The fraction of sp³-hybridized carbons (Fsp3) is 0.857. The van der Waals surface area contributed by atoms with E-state index in [1.54, 1.807) is 0 Å². The minimum atomic E-state index is -3.10. The maximum atomic E-state index is 12.0. The fourth-order valence-electron chi connectivity index (χ4n) is 0.526. The third-order valence-electron chi connectivity index (χ3n) is 0.950. The summed E-state index contributed by atoms with van der Waals surface area (Å²) in [6.45, 7) is 1.93. The van der Waals surface area contributed by atoms with E-state index >= 15 is 0 Å². The maximum Gasteiger partial charge on any atom is 0.352 e. The molecule has 0 spiro atoms. The average molecular weight is 182 g/mol. The molecule has 0 heterocycles. The molecular weight excluding hydrogens is 170 g/mol. The second kappa shape index (κ2) is 5.03. The molecule has 0 amide bonds. The molecule has 0 aromatic carbocycles. The van der Waals surface area contributed by atoms with Crippen molar-refractivity contribution in [3.05, 3.63) is 0 Å². The van der Waals surface area contributed by atoms with Gasteiger partial charge in [-0.15, -0.1) is 0 Å². The summed E-state index contributed by atoms with van der Waals surface area (Å²) >= 11 is 0. The normalized spacial score (nSPS) is 11.3. The van der Waals surface area contributed by atoms with Gasteiger partial charge >= 0.3 is 12.1 Å². The number of rotatable bonds is 5. The van der Waals surface area contributed by atoms with E-state index in [0.717, 1.165) is 0 Å². The Morgan fingerprint density at radius 3 is 2.42 bits per heavy atom. The van der Waals surface area contributed by atoms with Gasteiger partial charge in [0.2, 0.25) is 0 Å². The van der Waals surface area contributed by atoms with Gasteiger partial charge in [-0.1, -0.05) is 0 Å². The van der Waals surface area contributed by atoms with Crippen LogP contribution < -0.4 is 0 Å². The van der Waals surface area contributed by atoms with Crippen LogP contribution in [0.15, 0.2) is 0 Å². The molecule has 0 N–H and O–H groups in total. The highest BCUT2D eigenvalue weighted by Gasteiger charge is 2.20. The molecule has 0 rings (SSSR count). The molecule has 0 bridgehead atoms. The summed E-state index contributed by atoms with van der Waals surface area (Å²) in [6, 6.07) is 0. The van der Waals surface area contributed by atoms with E-state index in [4.69, 9.17) is 0 Å². The van der Waals surface area contributed by atoms with Crippen LogP contribution in [0.5, 0.6) is 0 Å². The molecule has 0 unspecified atom stereocenters. The van der Waals surface area contributed by atoms with Gasteiger partial charge in [-0.3, -0.25) is 4.79 Å². The van der Waals surface area contributed by atoms with Gasteiger partial charge in [-0.25, -0.2) is 0 Å². The van der Waals surface area contributed by atoms with E-state index in [9.17, 15) is 13.6 Å². The predicted octanol–water partition coefficient (Wildman–Crippen LogP) is 1.57. The molecule has 0 fully saturated rings. The van der Waals surface area contributed by atoms with Gasteiger partial charge in [-0.05, 0) is 0 Å². The van der Waals surface area contributed by atoms with Crippen molar-refractivity contribution in [1.82, 2.24) is 0 Å². The lowest BCUT2D eigenvalue weighted by Crippen LogP contribution is -2.17. The van der Waals surface area contributed by atoms with E-state index < -0.39 is 12.1 Å². The van der Waals surface area contributed by atoms with Crippen LogP contribution in [0.1, 0.15) is 20.3 Å². The van der Waals surface area contributed by atoms with Gasteiger partial charge < -0.3 is 9.47 Å². The minimum Gasteiger partial charge on any atom is -0.466 e. The van der Waals surface area contributed by atoms with Crippen LogP contribution in [-0.4, -0.2) is 25.3 Å². The Morgan fingerprint density at radius 2 is 2.00 bits per heavy atom. The van der Waals surface area contributed by atoms with E-state index in [0.29, 0.717) is 6.92 Å². The summed E-state index contributed by atoms with van der Waals surface area (Å²) in [7, 11) is 0. The minimum absolute atomic E-state index is 0.114. The van der Waals surface area contributed by atoms with E-state index in [1.165, 1.54) is 6.92 Å². The molecule has 0 aliphatic carbocycles. The Labute approximate surface area is 69.6 Å². The molecule has 0 aliphatic rings. The summed E-state index contributed by atoms with van der Waals surface area (Å²) in [6.07, 6.45) is -2.82.